The van der Waals surface area contributed by atoms with Crippen molar-refractivity contribution in [2.45, 2.75) is 6.42 Å². The van der Waals surface area contributed by atoms with Crippen molar-refractivity contribution in [1.82, 2.24) is 9.97 Å². The number of ether oxygens (including phenoxy) is 1. The minimum absolute atomic E-state index is 0.0850. The lowest BCUT2D eigenvalue weighted by atomic mass is 10.0. The number of phenolic OH excluding ortho intramolecular Hbond substituents is 1. The van der Waals surface area contributed by atoms with Crippen molar-refractivity contribution < 1.29 is 9.84 Å². The van der Waals surface area contributed by atoms with Crippen molar-refractivity contribution >= 4 is 22.7 Å². The van der Waals surface area contributed by atoms with Crippen LogP contribution in [0.4, 0.5) is 0 Å². The molecule has 0 aliphatic heterocycles. The molecule has 1 aromatic heterocycles. The zero-order valence-corrected chi connectivity index (χ0v) is 13.8. The summed E-state index contributed by atoms with van der Waals surface area (Å²) in [7, 11) is 1.49. The second-order valence-corrected chi connectivity index (χ2v) is 5.50. The standard InChI is InChI=1S/C20H17N3O2/c1-3-6-14-9-13(11-18(25-2)19(14)24)10-15(12-21)20-22-16-7-4-5-8-17(16)23-20/h3-5,7-11,24H,1,6H2,2H3,(H,22,23). The zero-order chi connectivity index (χ0) is 17.8. The summed E-state index contributed by atoms with van der Waals surface area (Å²) in [6.07, 6.45) is 3.91. The van der Waals surface area contributed by atoms with Crippen LogP contribution in [0.5, 0.6) is 11.5 Å². The zero-order valence-electron chi connectivity index (χ0n) is 13.8. The first-order valence-corrected chi connectivity index (χ1v) is 7.74. The number of aromatic amines is 1. The molecule has 0 saturated heterocycles. The van der Waals surface area contributed by atoms with Gasteiger partial charge >= 0.3 is 0 Å². The Bertz CT molecular complexity index is 976. The van der Waals surface area contributed by atoms with E-state index < -0.39 is 0 Å². The molecule has 25 heavy (non-hydrogen) atoms. The van der Waals surface area contributed by atoms with Crippen molar-refractivity contribution in [3.05, 3.63) is 66.0 Å². The fraction of sp³-hybridized carbons (Fsp3) is 0.100. The van der Waals surface area contributed by atoms with Crippen LogP contribution in [0.1, 0.15) is 17.0 Å². The molecule has 2 N–H and O–H groups in total. The molecule has 3 rings (SSSR count). The number of fused-ring (bicyclic) bond motifs is 1. The number of allylic oxidation sites excluding steroid dienone is 2. The van der Waals surface area contributed by atoms with Gasteiger partial charge in [-0.25, -0.2) is 4.98 Å². The Hall–Kier alpha value is -3.52. The molecule has 0 unspecified atom stereocenters. The molecule has 0 spiro atoms. The fourth-order valence-electron chi connectivity index (χ4n) is 2.64. The lowest BCUT2D eigenvalue weighted by Crippen LogP contribution is -1.92. The Balaban J connectivity index is 2.09. The van der Waals surface area contributed by atoms with Crippen molar-refractivity contribution in [1.29, 1.82) is 5.26 Å². The van der Waals surface area contributed by atoms with Crippen LogP contribution in [0.15, 0.2) is 49.1 Å². The second-order valence-electron chi connectivity index (χ2n) is 5.50. The number of aromatic nitrogens is 2. The molecular weight excluding hydrogens is 314 g/mol. The van der Waals surface area contributed by atoms with E-state index in [2.05, 4.69) is 22.6 Å². The van der Waals surface area contributed by atoms with E-state index in [1.54, 1.807) is 24.3 Å². The number of nitrogens with one attached hydrogen (secondary N) is 1. The highest BCUT2D eigenvalue weighted by Crippen LogP contribution is 2.33. The number of phenols is 1. The van der Waals surface area contributed by atoms with E-state index in [9.17, 15) is 10.4 Å². The van der Waals surface area contributed by atoms with Crippen LogP contribution < -0.4 is 4.74 Å². The summed E-state index contributed by atoms with van der Waals surface area (Å²) >= 11 is 0. The van der Waals surface area contributed by atoms with Crippen LogP contribution >= 0.6 is 0 Å². The van der Waals surface area contributed by atoms with Crippen LogP contribution in [-0.2, 0) is 6.42 Å². The molecule has 5 heteroatoms. The maximum Gasteiger partial charge on any atom is 0.161 e. The largest absolute Gasteiger partial charge is 0.504 e. The van der Waals surface area contributed by atoms with Gasteiger partial charge in [-0.3, -0.25) is 0 Å². The summed E-state index contributed by atoms with van der Waals surface area (Å²) < 4.78 is 5.22. The number of methoxy groups -OCH3 is 1. The third-order valence-electron chi connectivity index (χ3n) is 3.84. The van der Waals surface area contributed by atoms with Crippen molar-refractivity contribution in [3.63, 3.8) is 0 Å². The molecule has 1 heterocycles. The topological polar surface area (TPSA) is 81.9 Å². The van der Waals surface area contributed by atoms with Crippen LogP contribution in [0, 0.1) is 11.3 Å². The predicted molar refractivity (Wildman–Crippen MR) is 98.1 cm³/mol. The first kappa shape index (κ1) is 16.3. The maximum atomic E-state index is 10.2. The third kappa shape index (κ3) is 3.24. The highest BCUT2D eigenvalue weighted by atomic mass is 16.5. The van der Waals surface area contributed by atoms with Gasteiger partial charge in [-0.1, -0.05) is 18.2 Å². The van der Waals surface area contributed by atoms with Gasteiger partial charge in [0.1, 0.15) is 11.9 Å². The predicted octanol–water partition coefficient (Wildman–Crippen LogP) is 4.07. The molecule has 0 radical (unpaired) electrons. The summed E-state index contributed by atoms with van der Waals surface area (Å²) in [5.74, 6) is 0.940. The summed E-state index contributed by atoms with van der Waals surface area (Å²) in [5.41, 5.74) is 3.49. The molecule has 0 aliphatic rings. The third-order valence-corrected chi connectivity index (χ3v) is 3.84. The molecule has 0 amide bonds. The monoisotopic (exact) mass is 331 g/mol. The Labute approximate surface area is 145 Å². The molecular formula is C20H17N3O2. The average molecular weight is 331 g/mol. The van der Waals surface area contributed by atoms with Gasteiger partial charge in [0.2, 0.25) is 0 Å². The second kappa shape index (κ2) is 6.93. The summed E-state index contributed by atoms with van der Waals surface area (Å²) in [5, 5.41) is 19.7. The SMILES string of the molecule is C=CCc1cc(C=C(C#N)c2nc3ccccc3[nH]2)cc(OC)c1O. The number of nitriles is 1. The number of hydrogen-bond acceptors (Lipinski definition) is 4. The molecule has 0 atom stereocenters. The van der Waals surface area contributed by atoms with E-state index >= 15 is 0 Å². The molecule has 0 aliphatic carbocycles. The number of imidazole rings is 1. The Kier molecular flexibility index (Phi) is 4.53. The number of nitrogens with zero attached hydrogens (tertiary/aromatic N) is 2. The van der Waals surface area contributed by atoms with Gasteiger partial charge in [0.05, 0.1) is 23.7 Å². The van der Waals surface area contributed by atoms with Gasteiger partial charge < -0.3 is 14.8 Å². The highest BCUT2D eigenvalue weighted by Gasteiger charge is 2.12. The van der Waals surface area contributed by atoms with Gasteiger partial charge in [-0.15, -0.1) is 6.58 Å². The van der Waals surface area contributed by atoms with Crippen LogP contribution in [0.25, 0.3) is 22.7 Å². The van der Waals surface area contributed by atoms with E-state index in [-0.39, 0.29) is 5.75 Å². The number of benzene rings is 2. The van der Waals surface area contributed by atoms with E-state index in [0.29, 0.717) is 29.1 Å². The molecule has 3 aromatic rings. The maximum absolute atomic E-state index is 10.2. The molecule has 5 nitrogen and oxygen atoms in total. The summed E-state index contributed by atoms with van der Waals surface area (Å²) in [4.78, 5) is 7.60. The van der Waals surface area contributed by atoms with Gasteiger partial charge in [0.15, 0.2) is 11.5 Å². The first-order valence-electron chi connectivity index (χ1n) is 7.74. The van der Waals surface area contributed by atoms with Crippen LogP contribution in [0.3, 0.4) is 0 Å². The van der Waals surface area contributed by atoms with E-state index in [1.165, 1.54) is 7.11 Å². The van der Waals surface area contributed by atoms with Gasteiger partial charge in [-0.2, -0.15) is 5.26 Å². The van der Waals surface area contributed by atoms with Crippen LogP contribution in [0.2, 0.25) is 0 Å². The Morgan fingerprint density at radius 2 is 2.20 bits per heavy atom. The van der Waals surface area contributed by atoms with E-state index in [0.717, 1.165) is 16.6 Å². The first-order chi connectivity index (χ1) is 12.2. The smallest absolute Gasteiger partial charge is 0.161 e. The fourth-order valence-corrected chi connectivity index (χ4v) is 2.64. The van der Waals surface area contributed by atoms with E-state index in [1.807, 2.05) is 24.3 Å². The molecule has 0 bridgehead atoms. The molecule has 124 valence electrons. The van der Waals surface area contributed by atoms with Crippen molar-refractivity contribution in [3.8, 4) is 17.6 Å². The Morgan fingerprint density at radius 3 is 2.88 bits per heavy atom. The van der Waals surface area contributed by atoms with Gasteiger partial charge in [-0.05, 0) is 42.3 Å². The summed E-state index contributed by atoms with van der Waals surface area (Å²) in [6.45, 7) is 3.70. The number of aromatic hydroxyl groups is 1. The highest BCUT2D eigenvalue weighted by molar-refractivity contribution is 5.90. The molecule has 0 saturated carbocycles. The number of hydrogen-bond donors (Lipinski definition) is 2. The van der Waals surface area contributed by atoms with Crippen molar-refractivity contribution in [2.24, 2.45) is 0 Å². The quantitative estimate of drug-likeness (QED) is 0.545. The number of H-pyrrole nitrogens is 1. The van der Waals surface area contributed by atoms with Gasteiger partial charge in [0.25, 0.3) is 0 Å². The van der Waals surface area contributed by atoms with E-state index in [4.69, 9.17) is 4.74 Å². The van der Waals surface area contributed by atoms with Crippen molar-refractivity contribution in [2.75, 3.05) is 7.11 Å². The van der Waals surface area contributed by atoms with Gasteiger partial charge in [0, 0.05) is 5.56 Å². The average Bonchev–Trinajstić information content (AvgIpc) is 3.06. The molecule has 2 aromatic carbocycles. The Morgan fingerprint density at radius 1 is 1.40 bits per heavy atom. The minimum Gasteiger partial charge on any atom is -0.504 e. The summed E-state index contributed by atoms with van der Waals surface area (Å²) in [6, 6.07) is 13.3. The lowest BCUT2D eigenvalue weighted by Gasteiger charge is -2.09. The normalized spacial score (nSPS) is 11.3. The minimum atomic E-state index is 0.0850. The molecule has 0 fully saturated rings. The van der Waals surface area contributed by atoms with Crippen LogP contribution in [-0.4, -0.2) is 22.2 Å². The lowest BCUT2D eigenvalue weighted by molar-refractivity contribution is 0.371. The number of rotatable bonds is 5. The number of para-hydroxylation sites is 2.